The first kappa shape index (κ1) is 13.6. The van der Waals surface area contributed by atoms with E-state index >= 15 is 0 Å². The van der Waals surface area contributed by atoms with Crippen molar-refractivity contribution in [2.24, 2.45) is 0 Å². The molecule has 0 radical (unpaired) electrons. The number of rotatable bonds is 5. The molecule has 3 N–H and O–H groups in total. The Hall–Kier alpha value is -0.430. The number of amides is 1. The zero-order valence-corrected chi connectivity index (χ0v) is 11.3. The third-order valence-electron chi connectivity index (χ3n) is 2.46. The highest BCUT2D eigenvalue weighted by Crippen LogP contribution is 2.22. The molecule has 16 heavy (non-hydrogen) atoms. The van der Waals surface area contributed by atoms with Gasteiger partial charge in [0.05, 0.1) is 27.4 Å². The van der Waals surface area contributed by atoms with Crippen molar-refractivity contribution >= 4 is 33.2 Å². The Labute approximate surface area is 106 Å². The van der Waals surface area contributed by atoms with Crippen molar-refractivity contribution in [3.8, 4) is 0 Å². The van der Waals surface area contributed by atoms with E-state index in [1.165, 1.54) is 11.3 Å². The molecule has 90 valence electrons. The Morgan fingerprint density at radius 2 is 2.12 bits per heavy atom. The third-order valence-corrected chi connectivity index (χ3v) is 4.08. The largest absolute Gasteiger partial charge is 0.394 e. The maximum absolute atomic E-state index is 11.8. The van der Waals surface area contributed by atoms with Gasteiger partial charge in [0, 0.05) is 0 Å². The van der Waals surface area contributed by atoms with Crippen molar-refractivity contribution in [3.05, 3.63) is 20.8 Å². The number of carbonyl (C=O) groups excluding carboxylic acids is 1. The van der Waals surface area contributed by atoms with Crippen molar-refractivity contribution in [2.75, 3.05) is 13.2 Å². The summed E-state index contributed by atoms with van der Waals surface area (Å²) in [6.45, 7) is 1.24. The molecule has 0 spiro atoms. The number of aliphatic hydroxyl groups is 2. The van der Waals surface area contributed by atoms with Crippen molar-refractivity contribution < 1.29 is 15.0 Å². The van der Waals surface area contributed by atoms with Crippen molar-refractivity contribution in [1.82, 2.24) is 5.32 Å². The van der Waals surface area contributed by atoms with Crippen LogP contribution in [0.4, 0.5) is 0 Å². The molecule has 0 aliphatic carbocycles. The summed E-state index contributed by atoms with van der Waals surface area (Å²) in [5, 5.41) is 21.1. The average molecular weight is 308 g/mol. The van der Waals surface area contributed by atoms with Crippen LogP contribution in [0.2, 0.25) is 0 Å². The lowest BCUT2D eigenvalue weighted by atomic mass is 9.98. The highest BCUT2D eigenvalue weighted by Gasteiger charge is 2.29. The van der Waals surface area contributed by atoms with E-state index in [2.05, 4.69) is 21.2 Å². The Bertz CT molecular complexity index is 354. The number of hydrogen-bond acceptors (Lipinski definition) is 4. The van der Waals surface area contributed by atoms with Gasteiger partial charge in [-0.25, -0.2) is 0 Å². The van der Waals surface area contributed by atoms with E-state index in [4.69, 9.17) is 0 Å². The minimum atomic E-state index is -0.937. The fraction of sp³-hybridized carbons (Fsp3) is 0.500. The van der Waals surface area contributed by atoms with Gasteiger partial charge in [-0.2, -0.15) is 0 Å². The molecule has 0 aromatic carbocycles. The van der Waals surface area contributed by atoms with Crippen LogP contribution in [0.5, 0.6) is 0 Å². The van der Waals surface area contributed by atoms with E-state index in [1.54, 1.807) is 19.1 Å². The average Bonchev–Trinajstić information content (AvgIpc) is 2.73. The topological polar surface area (TPSA) is 69.6 Å². The molecule has 0 aliphatic rings. The number of halogens is 1. The van der Waals surface area contributed by atoms with Gasteiger partial charge in [0.25, 0.3) is 5.91 Å². The van der Waals surface area contributed by atoms with E-state index in [9.17, 15) is 15.0 Å². The normalized spacial score (nSPS) is 11.5. The van der Waals surface area contributed by atoms with Crippen LogP contribution in [0.15, 0.2) is 15.9 Å². The first-order valence-electron chi connectivity index (χ1n) is 4.86. The quantitative estimate of drug-likeness (QED) is 0.769. The van der Waals surface area contributed by atoms with Crippen LogP contribution in [0.1, 0.15) is 23.0 Å². The molecule has 0 bridgehead atoms. The summed E-state index contributed by atoms with van der Waals surface area (Å²) in [6.07, 6.45) is 0.471. The highest BCUT2D eigenvalue weighted by molar-refractivity contribution is 9.11. The molecule has 0 fully saturated rings. The zero-order chi connectivity index (χ0) is 12.2. The standard InChI is InChI=1S/C10H14BrNO3S/c1-2-10(5-13,6-14)12-9(15)7-3-4-8(11)16-7/h3-4,13-14H,2,5-6H2,1H3,(H,12,15). The third kappa shape index (κ3) is 3.04. The van der Waals surface area contributed by atoms with Crippen LogP contribution in [-0.4, -0.2) is 34.9 Å². The molecular weight excluding hydrogens is 294 g/mol. The molecule has 0 saturated heterocycles. The molecule has 6 heteroatoms. The Morgan fingerprint density at radius 3 is 2.50 bits per heavy atom. The number of aliphatic hydroxyl groups excluding tert-OH is 2. The molecule has 1 aromatic rings. The molecule has 1 amide bonds. The second-order valence-corrected chi connectivity index (χ2v) is 5.97. The molecule has 0 aliphatic heterocycles. The molecule has 1 heterocycles. The summed E-state index contributed by atoms with van der Waals surface area (Å²) >= 11 is 4.58. The van der Waals surface area contributed by atoms with Crippen LogP contribution >= 0.6 is 27.3 Å². The summed E-state index contributed by atoms with van der Waals surface area (Å²) in [4.78, 5) is 12.4. The van der Waals surface area contributed by atoms with E-state index in [0.29, 0.717) is 11.3 Å². The lowest BCUT2D eigenvalue weighted by molar-refractivity contribution is 0.0656. The Balaban J connectivity index is 2.76. The Kier molecular flexibility index (Phi) is 4.91. The SMILES string of the molecule is CCC(CO)(CO)NC(=O)c1ccc(Br)s1. The molecule has 1 aromatic heterocycles. The van der Waals surface area contributed by atoms with Gasteiger partial charge < -0.3 is 15.5 Å². The number of thiophene rings is 1. The van der Waals surface area contributed by atoms with E-state index in [1.807, 2.05) is 0 Å². The summed E-state index contributed by atoms with van der Waals surface area (Å²) in [5.41, 5.74) is -0.937. The van der Waals surface area contributed by atoms with Gasteiger partial charge in [0.15, 0.2) is 0 Å². The van der Waals surface area contributed by atoms with E-state index in [-0.39, 0.29) is 19.1 Å². The maximum atomic E-state index is 11.8. The monoisotopic (exact) mass is 307 g/mol. The van der Waals surface area contributed by atoms with Gasteiger partial charge in [0.1, 0.15) is 0 Å². The van der Waals surface area contributed by atoms with E-state index < -0.39 is 5.54 Å². The van der Waals surface area contributed by atoms with Crippen molar-refractivity contribution in [1.29, 1.82) is 0 Å². The minimum absolute atomic E-state index is 0.277. The predicted molar refractivity (Wildman–Crippen MR) is 66.7 cm³/mol. The molecular formula is C10H14BrNO3S. The van der Waals surface area contributed by atoms with Gasteiger partial charge in [-0.1, -0.05) is 6.92 Å². The molecule has 0 unspecified atom stereocenters. The molecule has 0 atom stereocenters. The summed E-state index contributed by atoms with van der Waals surface area (Å²) < 4.78 is 0.868. The van der Waals surface area contributed by atoms with Crippen LogP contribution in [-0.2, 0) is 0 Å². The van der Waals surface area contributed by atoms with Crippen molar-refractivity contribution in [3.63, 3.8) is 0 Å². The highest BCUT2D eigenvalue weighted by atomic mass is 79.9. The molecule has 1 rings (SSSR count). The number of carbonyl (C=O) groups is 1. The second kappa shape index (κ2) is 5.77. The van der Waals surface area contributed by atoms with Gasteiger partial charge in [-0.3, -0.25) is 4.79 Å². The first-order valence-corrected chi connectivity index (χ1v) is 6.47. The fourth-order valence-electron chi connectivity index (χ4n) is 1.18. The van der Waals surface area contributed by atoms with Crippen LogP contribution in [0.3, 0.4) is 0 Å². The number of hydrogen-bond donors (Lipinski definition) is 3. The lowest BCUT2D eigenvalue weighted by Crippen LogP contribution is -2.53. The van der Waals surface area contributed by atoms with Gasteiger partial charge in [0.2, 0.25) is 0 Å². The lowest BCUT2D eigenvalue weighted by Gasteiger charge is -2.29. The minimum Gasteiger partial charge on any atom is -0.394 e. The Morgan fingerprint density at radius 1 is 1.50 bits per heavy atom. The summed E-state index contributed by atoms with van der Waals surface area (Å²) in [6, 6.07) is 3.48. The summed E-state index contributed by atoms with van der Waals surface area (Å²) in [5.74, 6) is -0.277. The smallest absolute Gasteiger partial charge is 0.261 e. The van der Waals surface area contributed by atoms with E-state index in [0.717, 1.165) is 3.79 Å². The maximum Gasteiger partial charge on any atom is 0.261 e. The molecule has 4 nitrogen and oxygen atoms in total. The van der Waals surface area contributed by atoms with Crippen LogP contribution < -0.4 is 5.32 Å². The number of nitrogens with one attached hydrogen (secondary N) is 1. The zero-order valence-electron chi connectivity index (χ0n) is 8.86. The predicted octanol–water partition coefficient (Wildman–Crippen LogP) is 1.37. The second-order valence-electron chi connectivity index (χ2n) is 3.51. The van der Waals surface area contributed by atoms with Crippen molar-refractivity contribution in [2.45, 2.75) is 18.9 Å². The van der Waals surface area contributed by atoms with Gasteiger partial charge in [-0.15, -0.1) is 11.3 Å². The van der Waals surface area contributed by atoms with Gasteiger partial charge >= 0.3 is 0 Å². The summed E-state index contributed by atoms with van der Waals surface area (Å²) in [7, 11) is 0. The van der Waals surface area contributed by atoms with Crippen LogP contribution in [0.25, 0.3) is 0 Å². The van der Waals surface area contributed by atoms with Gasteiger partial charge in [-0.05, 0) is 34.5 Å². The first-order chi connectivity index (χ1) is 7.56. The van der Waals surface area contributed by atoms with Crippen LogP contribution in [0, 0.1) is 0 Å². The molecule has 0 saturated carbocycles. The fourth-order valence-corrected chi connectivity index (χ4v) is 2.46.